The Bertz CT molecular complexity index is 424. The summed E-state index contributed by atoms with van der Waals surface area (Å²) in [6.07, 6.45) is 1.67. The van der Waals surface area contributed by atoms with Gasteiger partial charge in [-0.1, -0.05) is 24.3 Å². The van der Waals surface area contributed by atoms with E-state index in [0.29, 0.717) is 0 Å². The fraction of sp³-hybridized carbons (Fsp3) is 0.333. The van der Waals surface area contributed by atoms with Crippen molar-refractivity contribution in [2.45, 2.75) is 20.0 Å². The lowest BCUT2D eigenvalue weighted by molar-refractivity contribution is 0.495. The highest BCUT2D eigenvalue weighted by Crippen LogP contribution is 2.05. The van der Waals surface area contributed by atoms with Crippen molar-refractivity contribution < 1.29 is 4.42 Å². The molecular formula is C15H22N2O. The van der Waals surface area contributed by atoms with Gasteiger partial charge in [-0.3, -0.25) is 0 Å². The maximum atomic E-state index is 5.01. The van der Waals surface area contributed by atoms with Gasteiger partial charge in [0, 0.05) is 6.54 Å². The van der Waals surface area contributed by atoms with Crippen molar-refractivity contribution in [1.82, 2.24) is 10.6 Å². The Morgan fingerprint density at radius 2 is 1.67 bits per heavy atom. The normalized spacial score (nSPS) is 9.72. The monoisotopic (exact) mass is 246 g/mol. The average molecular weight is 246 g/mol. The molecule has 3 heteroatoms. The summed E-state index contributed by atoms with van der Waals surface area (Å²) in [5, 5.41) is 6.10. The van der Waals surface area contributed by atoms with Crippen molar-refractivity contribution in [3.8, 4) is 0 Å². The largest absolute Gasteiger partial charge is 0.468 e. The highest BCUT2D eigenvalue weighted by atomic mass is 16.3. The SMILES string of the molecule is CNCc1ccccc1C.CNCc1ccco1. The molecule has 0 bridgehead atoms. The van der Waals surface area contributed by atoms with Crippen LogP contribution in [0.15, 0.2) is 47.1 Å². The molecule has 0 aliphatic rings. The molecule has 0 aliphatic heterocycles. The van der Waals surface area contributed by atoms with Gasteiger partial charge < -0.3 is 15.1 Å². The first-order valence-electron chi connectivity index (χ1n) is 6.14. The quantitative estimate of drug-likeness (QED) is 0.871. The third kappa shape index (κ3) is 5.17. The lowest BCUT2D eigenvalue weighted by Crippen LogP contribution is -2.05. The summed E-state index contributed by atoms with van der Waals surface area (Å²) in [5.41, 5.74) is 2.74. The summed E-state index contributed by atoms with van der Waals surface area (Å²) in [6, 6.07) is 12.2. The summed E-state index contributed by atoms with van der Waals surface area (Å²) in [6.45, 7) is 3.91. The second-order valence-corrected chi connectivity index (χ2v) is 4.07. The standard InChI is InChI=1S/C9H13N.C6H9NO/c1-8-5-3-4-6-9(8)7-10-2;1-7-5-6-3-2-4-8-6/h3-6,10H,7H2,1-2H3;2-4,7H,5H2,1H3. The summed E-state index contributed by atoms with van der Waals surface area (Å²) < 4.78 is 5.01. The first-order chi connectivity index (χ1) is 8.77. The van der Waals surface area contributed by atoms with Gasteiger partial charge in [-0.2, -0.15) is 0 Å². The number of aryl methyl sites for hydroxylation is 1. The Morgan fingerprint density at radius 1 is 0.944 bits per heavy atom. The average Bonchev–Trinajstić information content (AvgIpc) is 2.87. The Labute approximate surface area is 109 Å². The molecule has 1 heterocycles. The fourth-order valence-corrected chi connectivity index (χ4v) is 1.59. The van der Waals surface area contributed by atoms with E-state index in [4.69, 9.17) is 4.42 Å². The zero-order valence-corrected chi connectivity index (χ0v) is 11.4. The molecule has 1 aromatic carbocycles. The molecule has 0 atom stereocenters. The van der Waals surface area contributed by atoms with Crippen LogP contribution in [0.5, 0.6) is 0 Å². The van der Waals surface area contributed by atoms with Crippen molar-refractivity contribution in [1.29, 1.82) is 0 Å². The summed E-state index contributed by atoms with van der Waals surface area (Å²) >= 11 is 0. The van der Waals surface area contributed by atoms with E-state index in [9.17, 15) is 0 Å². The molecule has 2 N–H and O–H groups in total. The molecule has 18 heavy (non-hydrogen) atoms. The molecule has 2 aromatic rings. The Hall–Kier alpha value is -1.58. The molecule has 0 unspecified atom stereocenters. The molecule has 0 radical (unpaired) electrons. The van der Waals surface area contributed by atoms with Gasteiger partial charge in [0.2, 0.25) is 0 Å². The fourth-order valence-electron chi connectivity index (χ4n) is 1.59. The first kappa shape index (κ1) is 14.5. The lowest BCUT2D eigenvalue weighted by atomic mass is 10.1. The number of rotatable bonds is 4. The highest BCUT2D eigenvalue weighted by Gasteiger charge is 1.92. The molecule has 98 valence electrons. The first-order valence-corrected chi connectivity index (χ1v) is 6.14. The number of hydrogen-bond donors (Lipinski definition) is 2. The van der Waals surface area contributed by atoms with Crippen LogP contribution in [0.3, 0.4) is 0 Å². The molecule has 0 amide bonds. The van der Waals surface area contributed by atoms with E-state index in [0.717, 1.165) is 18.8 Å². The van der Waals surface area contributed by atoms with Gasteiger partial charge in [-0.25, -0.2) is 0 Å². The lowest BCUT2D eigenvalue weighted by Gasteiger charge is -2.02. The van der Waals surface area contributed by atoms with Crippen LogP contribution in [0.2, 0.25) is 0 Å². The van der Waals surface area contributed by atoms with Crippen LogP contribution in [0.1, 0.15) is 16.9 Å². The van der Waals surface area contributed by atoms with Gasteiger partial charge in [0.25, 0.3) is 0 Å². The molecule has 0 spiro atoms. The maximum Gasteiger partial charge on any atom is 0.117 e. The Morgan fingerprint density at radius 3 is 2.22 bits per heavy atom. The van der Waals surface area contributed by atoms with Gasteiger partial charge in [0.05, 0.1) is 12.8 Å². The minimum Gasteiger partial charge on any atom is -0.468 e. The van der Waals surface area contributed by atoms with Crippen molar-refractivity contribution in [3.63, 3.8) is 0 Å². The second kappa shape index (κ2) is 8.50. The van der Waals surface area contributed by atoms with Crippen LogP contribution in [0, 0.1) is 6.92 Å². The van der Waals surface area contributed by atoms with Crippen LogP contribution in [-0.4, -0.2) is 14.1 Å². The maximum absolute atomic E-state index is 5.01. The van der Waals surface area contributed by atoms with Gasteiger partial charge >= 0.3 is 0 Å². The smallest absolute Gasteiger partial charge is 0.117 e. The molecule has 0 aliphatic carbocycles. The highest BCUT2D eigenvalue weighted by molar-refractivity contribution is 5.25. The van der Waals surface area contributed by atoms with E-state index in [2.05, 4.69) is 41.8 Å². The van der Waals surface area contributed by atoms with Crippen LogP contribution < -0.4 is 10.6 Å². The Balaban J connectivity index is 0.000000184. The minimum absolute atomic E-state index is 0.812. The van der Waals surface area contributed by atoms with Gasteiger partial charge in [0.15, 0.2) is 0 Å². The molecule has 0 saturated carbocycles. The zero-order valence-electron chi connectivity index (χ0n) is 11.4. The van der Waals surface area contributed by atoms with Crippen molar-refractivity contribution >= 4 is 0 Å². The van der Waals surface area contributed by atoms with E-state index in [1.54, 1.807) is 6.26 Å². The molecule has 1 aromatic heterocycles. The third-order valence-electron chi connectivity index (χ3n) is 2.56. The van der Waals surface area contributed by atoms with Crippen LogP contribution in [0.4, 0.5) is 0 Å². The molecule has 3 nitrogen and oxygen atoms in total. The number of nitrogens with one attached hydrogen (secondary N) is 2. The zero-order chi connectivity index (χ0) is 13.2. The van der Waals surface area contributed by atoms with E-state index < -0.39 is 0 Å². The van der Waals surface area contributed by atoms with Crippen molar-refractivity contribution in [2.24, 2.45) is 0 Å². The minimum atomic E-state index is 0.812. The van der Waals surface area contributed by atoms with Gasteiger partial charge in [-0.15, -0.1) is 0 Å². The molecule has 0 fully saturated rings. The Kier molecular flexibility index (Phi) is 6.84. The van der Waals surface area contributed by atoms with Crippen molar-refractivity contribution in [3.05, 3.63) is 59.5 Å². The van der Waals surface area contributed by atoms with Gasteiger partial charge in [0.1, 0.15) is 5.76 Å². The summed E-state index contributed by atoms with van der Waals surface area (Å²) in [5.74, 6) is 0.979. The molecule has 0 saturated heterocycles. The predicted octanol–water partition coefficient (Wildman–Crippen LogP) is 2.71. The van der Waals surface area contributed by atoms with Crippen LogP contribution in [0.25, 0.3) is 0 Å². The van der Waals surface area contributed by atoms with E-state index in [1.165, 1.54) is 11.1 Å². The molecule has 2 rings (SSSR count). The predicted molar refractivity (Wildman–Crippen MR) is 75.4 cm³/mol. The number of benzene rings is 1. The van der Waals surface area contributed by atoms with Crippen molar-refractivity contribution in [2.75, 3.05) is 14.1 Å². The van der Waals surface area contributed by atoms with E-state index in [-0.39, 0.29) is 0 Å². The second-order valence-electron chi connectivity index (χ2n) is 4.07. The molecular weight excluding hydrogens is 224 g/mol. The summed E-state index contributed by atoms with van der Waals surface area (Å²) in [7, 11) is 3.86. The van der Waals surface area contributed by atoms with Crippen LogP contribution in [-0.2, 0) is 13.1 Å². The van der Waals surface area contributed by atoms with E-state index >= 15 is 0 Å². The third-order valence-corrected chi connectivity index (χ3v) is 2.56. The number of furan rings is 1. The van der Waals surface area contributed by atoms with Crippen LogP contribution >= 0.6 is 0 Å². The van der Waals surface area contributed by atoms with E-state index in [1.807, 2.05) is 26.2 Å². The topological polar surface area (TPSA) is 37.2 Å². The number of hydrogen-bond acceptors (Lipinski definition) is 3. The summed E-state index contributed by atoms with van der Waals surface area (Å²) in [4.78, 5) is 0. The van der Waals surface area contributed by atoms with Gasteiger partial charge in [-0.05, 0) is 44.3 Å².